The Hall–Kier alpha value is -1.81. The standard InChI is InChI=1S/C17H23N3O/c1-3-19(4-2)13-9-10-20(12-13)17(21)15-11-18-16-8-6-5-7-14(15)16/h5-8,11,13,18H,3-4,9-10,12H2,1-2H3. The molecule has 21 heavy (non-hydrogen) atoms. The molecule has 4 heteroatoms. The first-order valence-electron chi connectivity index (χ1n) is 7.84. The van der Waals surface area contributed by atoms with Gasteiger partial charge in [0.1, 0.15) is 0 Å². The average molecular weight is 285 g/mol. The lowest BCUT2D eigenvalue weighted by Crippen LogP contribution is -2.38. The fourth-order valence-corrected chi connectivity index (χ4v) is 3.38. The highest BCUT2D eigenvalue weighted by atomic mass is 16.2. The largest absolute Gasteiger partial charge is 0.360 e. The van der Waals surface area contributed by atoms with Crippen molar-refractivity contribution in [1.29, 1.82) is 0 Å². The predicted octanol–water partition coefficient (Wildman–Crippen LogP) is 2.72. The van der Waals surface area contributed by atoms with Gasteiger partial charge in [0.05, 0.1) is 5.56 Å². The maximum atomic E-state index is 12.8. The van der Waals surface area contributed by atoms with Crippen molar-refractivity contribution in [2.24, 2.45) is 0 Å². The van der Waals surface area contributed by atoms with E-state index in [1.807, 2.05) is 35.4 Å². The summed E-state index contributed by atoms with van der Waals surface area (Å²) >= 11 is 0. The number of carbonyl (C=O) groups is 1. The van der Waals surface area contributed by atoms with Crippen LogP contribution in [0.4, 0.5) is 0 Å². The summed E-state index contributed by atoms with van der Waals surface area (Å²) in [5.74, 6) is 0.155. The van der Waals surface area contributed by atoms with Crippen LogP contribution in [0.25, 0.3) is 10.9 Å². The number of amides is 1. The molecule has 0 spiro atoms. The zero-order valence-electron chi connectivity index (χ0n) is 12.8. The van der Waals surface area contributed by atoms with Crippen molar-refractivity contribution in [3.63, 3.8) is 0 Å². The van der Waals surface area contributed by atoms with E-state index in [0.717, 1.165) is 49.1 Å². The maximum Gasteiger partial charge on any atom is 0.256 e. The summed E-state index contributed by atoms with van der Waals surface area (Å²) in [4.78, 5) is 20.4. The van der Waals surface area contributed by atoms with Crippen molar-refractivity contribution < 1.29 is 4.79 Å². The molecule has 112 valence electrons. The Kier molecular flexibility index (Phi) is 3.97. The van der Waals surface area contributed by atoms with Gasteiger partial charge in [-0.15, -0.1) is 0 Å². The second kappa shape index (κ2) is 5.90. The molecular weight excluding hydrogens is 262 g/mol. The van der Waals surface area contributed by atoms with Gasteiger partial charge >= 0.3 is 0 Å². The minimum Gasteiger partial charge on any atom is -0.360 e. The minimum atomic E-state index is 0.155. The van der Waals surface area contributed by atoms with Crippen LogP contribution in [0.5, 0.6) is 0 Å². The molecule has 1 N–H and O–H groups in total. The Labute approximate surface area is 125 Å². The van der Waals surface area contributed by atoms with E-state index in [0.29, 0.717) is 6.04 Å². The number of hydrogen-bond donors (Lipinski definition) is 1. The number of aromatic amines is 1. The predicted molar refractivity (Wildman–Crippen MR) is 85.5 cm³/mol. The third-order valence-corrected chi connectivity index (χ3v) is 4.60. The summed E-state index contributed by atoms with van der Waals surface area (Å²) in [6, 6.07) is 8.50. The van der Waals surface area contributed by atoms with Crippen LogP contribution in [0.3, 0.4) is 0 Å². The number of benzene rings is 1. The van der Waals surface area contributed by atoms with Gasteiger partial charge in [0.15, 0.2) is 0 Å². The molecule has 1 amide bonds. The van der Waals surface area contributed by atoms with Crippen molar-refractivity contribution in [2.75, 3.05) is 26.2 Å². The van der Waals surface area contributed by atoms with Crippen LogP contribution < -0.4 is 0 Å². The highest BCUT2D eigenvalue weighted by molar-refractivity contribution is 6.06. The summed E-state index contributed by atoms with van der Waals surface area (Å²) < 4.78 is 0. The number of carbonyl (C=O) groups excluding carboxylic acids is 1. The van der Waals surface area contributed by atoms with Gasteiger partial charge in [-0.1, -0.05) is 32.0 Å². The van der Waals surface area contributed by atoms with Crippen LogP contribution in [-0.2, 0) is 0 Å². The van der Waals surface area contributed by atoms with Crippen molar-refractivity contribution >= 4 is 16.8 Å². The van der Waals surface area contributed by atoms with E-state index in [-0.39, 0.29) is 5.91 Å². The third kappa shape index (κ3) is 2.56. The fraction of sp³-hybridized carbons (Fsp3) is 0.471. The van der Waals surface area contributed by atoms with Crippen molar-refractivity contribution in [3.8, 4) is 0 Å². The molecule has 1 saturated heterocycles. The Bertz CT molecular complexity index is 630. The van der Waals surface area contributed by atoms with E-state index in [1.165, 1.54) is 0 Å². The minimum absolute atomic E-state index is 0.155. The summed E-state index contributed by atoms with van der Waals surface area (Å²) in [5.41, 5.74) is 1.83. The van der Waals surface area contributed by atoms with Gasteiger partial charge in [-0.2, -0.15) is 0 Å². The number of hydrogen-bond acceptors (Lipinski definition) is 2. The zero-order valence-corrected chi connectivity index (χ0v) is 12.8. The number of likely N-dealkylation sites (N-methyl/N-ethyl adjacent to an activating group) is 1. The second-order valence-electron chi connectivity index (χ2n) is 5.66. The molecule has 1 aliphatic heterocycles. The molecule has 1 aliphatic rings. The lowest BCUT2D eigenvalue weighted by atomic mass is 10.1. The van der Waals surface area contributed by atoms with E-state index in [9.17, 15) is 4.79 Å². The van der Waals surface area contributed by atoms with Gasteiger partial charge in [-0.25, -0.2) is 0 Å². The smallest absolute Gasteiger partial charge is 0.256 e. The Morgan fingerprint density at radius 3 is 2.86 bits per heavy atom. The Morgan fingerprint density at radius 2 is 2.10 bits per heavy atom. The Morgan fingerprint density at radius 1 is 1.33 bits per heavy atom. The first-order chi connectivity index (χ1) is 10.2. The molecule has 0 saturated carbocycles. The molecule has 1 fully saturated rings. The van der Waals surface area contributed by atoms with Crippen LogP contribution in [0.1, 0.15) is 30.6 Å². The van der Waals surface area contributed by atoms with Crippen molar-refractivity contribution in [2.45, 2.75) is 26.3 Å². The highest BCUT2D eigenvalue weighted by Gasteiger charge is 2.30. The van der Waals surface area contributed by atoms with Crippen LogP contribution in [0, 0.1) is 0 Å². The lowest BCUT2D eigenvalue weighted by Gasteiger charge is -2.26. The maximum absolute atomic E-state index is 12.8. The van der Waals surface area contributed by atoms with Gasteiger partial charge in [0, 0.05) is 36.2 Å². The van der Waals surface area contributed by atoms with E-state index in [2.05, 4.69) is 23.7 Å². The van der Waals surface area contributed by atoms with E-state index in [1.54, 1.807) is 0 Å². The molecule has 1 unspecified atom stereocenters. The average Bonchev–Trinajstić information content (AvgIpc) is 3.15. The van der Waals surface area contributed by atoms with Crippen LogP contribution in [-0.4, -0.2) is 52.9 Å². The van der Waals surface area contributed by atoms with Gasteiger partial charge in [0.2, 0.25) is 0 Å². The molecule has 1 aromatic heterocycles. The van der Waals surface area contributed by atoms with Gasteiger partial charge in [-0.3, -0.25) is 9.69 Å². The Balaban J connectivity index is 1.77. The number of aromatic nitrogens is 1. The van der Waals surface area contributed by atoms with Crippen molar-refractivity contribution in [1.82, 2.24) is 14.8 Å². The highest BCUT2D eigenvalue weighted by Crippen LogP contribution is 2.23. The molecule has 4 nitrogen and oxygen atoms in total. The normalized spacial score (nSPS) is 18.8. The molecule has 2 aromatic rings. The monoisotopic (exact) mass is 285 g/mol. The molecule has 1 aromatic carbocycles. The number of rotatable bonds is 4. The van der Waals surface area contributed by atoms with Gasteiger partial charge in [0.25, 0.3) is 5.91 Å². The summed E-state index contributed by atoms with van der Waals surface area (Å²) in [5, 5.41) is 1.02. The SMILES string of the molecule is CCN(CC)C1CCN(C(=O)c2c[nH]c3ccccc23)C1. The topological polar surface area (TPSA) is 39.3 Å². The van der Waals surface area contributed by atoms with Gasteiger partial charge in [-0.05, 0) is 25.6 Å². The summed E-state index contributed by atoms with van der Waals surface area (Å²) in [6.45, 7) is 8.19. The quantitative estimate of drug-likeness (QED) is 0.938. The first-order valence-corrected chi connectivity index (χ1v) is 7.84. The van der Waals surface area contributed by atoms with Gasteiger partial charge < -0.3 is 9.88 Å². The van der Waals surface area contributed by atoms with E-state index < -0.39 is 0 Å². The molecule has 1 atom stereocenters. The molecular formula is C17H23N3O. The molecule has 0 bridgehead atoms. The molecule has 0 aliphatic carbocycles. The number of para-hydroxylation sites is 1. The molecule has 3 rings (SSSR count). The number of likely N-dealkylation sites (tertiary alicyclic amines) is 1. The van der Waals surface area contributed by atoms with Crippen LogP contribution in [0.15, 0.2) is 30.5 Å². The zero-order chi connectivity index (χ0) is 14.8. The first kappa shape index (κ1) is 14.1. The number of fused-ring (bicyclic) bond motifs is 1. The number of H-pyrrole nitrogens is 1. The summed E-state index contributed by atoms with van der Waals surface area (Å²) in [6.07, 6.45) is 2.92. The van der Waals surface area contributed by atoms with E-state index >= 15 is 0 Å². The van der Waals surface area contributed by atoms with Crippen LogP contribution >= 0.6 is 0 Å². The van der Waals surface area contributed by atoms with Crippen molar-refractivity contribution in [3.05, 3.63) is 36.0 Å². The number of nitrogens with one attached hydrogen (secondary N) is 1. The molecule has 2 heterocycles. The van der Waals surface area contributed by atoms with E-state index in [4.69, 9.17) is 0 Å². The number of nitrogens with zero attached hydrogens (tertiary/aromatic N) is 2. The lowest BCUT2D eigenvalue weighted by molar-refractivity contribution is 0.0780. The second-order valence-corrected chi connectivity index (χ2v) is 5.66. The molecule has 0 radical (unpaired) electrons. The summed E-state index contributed by atoms with van der Waals surface area (Å²) in [7, 11) is 0. The third-order valence-electron chi connectivity index (χ3n) is 4.60. The fourth-order valence-electron chi connectivity index (χ4n) is 3.38. The van der Waals surface area contributed by atoms with Crippen LogP contribution in [0.2, 0.25) is 0 Å².